The summed E-state index contributed by atoms with van der Waals surface area (Å²) >= 11 is 3.42. The number of amides is 2. The molecule has 2 aromatic rings. The van der Waals surface area contributed by atoms with Gasteiger partial charge in [-0.15, -0.1) is 0 Å². The fraction of sp³-hybridized carbons (Fsp3) is 0.360. The maximum Gasteiger partial charge on any atom is 0.228 e. The van der Waals surface area contributed by atoms with E-state index in [4.69, 9.17) is 5.73 Å². The molecule has 160 valence electrons. The van der Waals surface area contributed by atoms with Gasteiger partial charge < -0.3 is 16.4 Å². The lowest BCUT2D eigenvalue weighted by Crippen LogP contribution is -2.41. The van der Waals surface area contributed by atoms with Crippen LogP contribution < -0.4 is 16.4 Å². The number of carbonyl (C=O) groups is 2. The number of hydrogen-bond acceptors (Lipinski definition) is 3. The Morgan fingerprint density at radius 2 is 1.48 bits per heavy atom. The molecule has 2 aromatic carbocycles. The SMILES string of the molecule is NCc1ccc(CNC(=O)[C@H]2[C@H](C(=O)Nc3ccc(Br)cc3)[C@@H]3C=C[C@H]2C32CC2)cc1. The van der Waals surface area contributed by atoms with E-state index >= 15 is 0 Å². The fourth-order valence-corrected chi connectivity index (χ4v) is 5.83. The van der Waals surface area contributed by atoms with Gasteiger partial charge in [0.05, 0.1) is 11.8 Å². The first kappa shape index (κ1) is 20.5. The minimum atomic E-state index is -0.333. The first-order valence-corrected chi connectivity index (χ1v) is 11.6. The Bertz CT molecular complexity index is 1030. The van der Waals surface area contributed by atoms with E-state index in [0.717, 1.165) is 34.1 Å². The lowest BCUT2D eigenvalue weighted by atomic mass is 9.81. The van der Waals surface area contributed by atoms with E-state index in [1.807, 2.05) is 48.5 Å². The van der Waals surface area contributed by atoms with Crippen molar-refractivity contribution in [2.75, 3.05) is 5.32 Å². The highest BCUT2D eigenvalue weighted by Gasteiger charge is 2.69. The van der Waals surface area contributed by atoms with E-state index in [-0.39, 0.29) is 40.9 Å². The molecular weight excluding hydrogens is 454 g/mol. The molecule has 5 nitrogen and oxygen atoms in total. The highest BCUT2D eigenvalue weighted by atomic mass is 79.9. The third-order valence-corrected chi connectivity index (χ3v) is 7.81. The highest BCUT2D eigenvalue weighted by molar-refractivity contribution is 9.10. The minimum absolute atomic E-state index is 0.0259. The van der Waals surface area contributed by atoms with Crippen molar-refractivity contribution in [1.82, 2.24) is 5.32 Å². The van der Waals surface area contributed by atoms with E-state index in [1.54, 1.807) is 0 Å². The summed E-state index contributed by atoms with van der Waals surface area (Å²) in [5.74, 6) is -0.442. The van der Waals surface area contributed by atoms with E-state index in [2.05, 4.69) is 38.7 Å². The van der Waals surface area contributed by atoms with Gasteiger partial charge in [-0.05, 0) is 65.5 Å². The zero-order valence-corrected chi connectivity index (χ0v) is 18.8. The zero-order valence-electron chi connectivity index (χ0n) is 17.2. The highest BCUT2D eigenvalue weighted by Crippen LogP contribution is 2.72. The van der Waals surface area contributed by atoms with Crippen LogP contribution in [0.15, 0.2) is 65.2 Å². The number of benzene rings is 2. The van der Waals surface area contributed by atoms with Crippen molar-refractivity contribution < 1.29 is 9.59 Å². The Morgan fingerprint density at radius 1 is 0.903 bits per heavy atom. The Kier molecular flexibility index (Phi) is 5.22. The topological polar surface area (TPSA) is 84.2 Å². The van der Waals surface area contributed by atoms with Crippen molar-refractivity contribution in [3.8, 4) is 0 Å². The summed E-state index contributed by atoms with van der Waals surface area (Å²) in [6.07, 6.45) is 6.56. The van der Waals surface area contributed by atoms with Crippen molar-refractivity contribution >= 4 is 33.4 Å². The molecule has 2 fully saturated rings. The van der Waals surface area contributed by atoms with Crippen LogP contribution in [0.4, 0.5) is 5.69 Å². The number of carbonyl (C=O) groups excluding carboxylic acids is 2. The minimum Gasteiger partial charge on any atom is -0.352 e. The molecular formula is C25H26BrN3O2. The van der Waals surface area contributed by atoms with Gasteiger partial charge in [0.15, 0.2) is 0 Å². The van der Waals surface area contributed by atoms with Crippen LogP contribution in [-0.2, 0) is 22.7 Å². The van der Waals surface area contributed by atoms with Gasteiger partial charge in [0.1, 0.15) is 0 Å². The summed E-state index contributed by atoms with van der Waals surface area (Å²) in [5.41, 5.74) is 8.62. The van der Waals surface area contributed by atoms with Gasteiger partial charge in [-0.2, -0.15) is 0 Å². The monoisotopic (exact) mass is 479 g/mol. The van der Waals surface area contributed by atoms with Crippen LogP contribution >= 0.6 is 15.9 Å². The van der Waals surface area contributed by atoms with Gasteiger partial charge in [-0.1, -0.05) is 52.3 Å². The van der Waals surface area contributed by atoms with Crippen molar-refractivity contribution in [2.24, 2.45) is 34.8 Å². The summed E-state index contributed by atoms with van der Waals surface area (Å²) in [5, 5.41) is 6.14. The number of anilines is 1. The molecule has 2 amide bonds. The van der Waals surface area contributed by atoms with Crippen LogP contribution in [0.25, 0.3) is 0 Å². The Labute approximate surface area is 190 Å². The molecule has 5 rings (SSSR count). The van der Waals surface area contributed by atoms with Gasteiger partial charge in [0, 0.05) is 23.2 Å². The fourth-order valence-electron chi connectivity index (χ4n) is 5.57. The van der Waals surface area contributed by atoms with Gasteiger partial charge in [0.25, 0.3) is 0 Å². The van der Waals surface area contributed by atoms with Crippen LogP contribution in [0.1, 0.15) is 24.0 Å². The van der Waals surface area contributed by atoms with Crippen LogP contribution in [0, 0.1) is 29.1 Å². The molecule has 0 saturated heterocycles. The maximum atomic E-state index is 13.3. The molecule has 0 unspecified atom stereocenters. The van der Waals surface area contributed by atoms with Crippen molar-refractivity contribution in [1.29, 1.82) is 0 Å². The van der Waals surface area contributed by atoms with Gasteiger partial charge >= 0.3 is 0 Å². The average Bonchev–Trinajstić information content (AvgIpc) is 3.46. The molecule has 31 heavy (non-hydrogen) atoms. The van der Waals surface area contributed by atoms with Crippen molar-refractivity contribution in [3.05, 3.63) is 76.3 Å². The van der Waals surface area contributed by atoms with E-state index in [9.17, 15) is 9.59 Å². The molecule has 6 heteroatoms. The molecule has 3 aliphatic carbocycles. The molecule has 0 heterocycles. The third-order valence-electron chi connectivity index (χ3n) is 7.28. The lowest BCUT2D eigenvalue weighted by Gasteiger charge is -2.26. The Hall–Kier alpha value is -2.44. The van der Waals surface area contributed by atoms with E-state index in [1.165, 1.54) is 0 Å². The van der Waals surface area contributed by atoms with Gasteiger partial charge in [0.2, 0.25) is 11.8 Å². The smallest absolute Gasteiger partial charge is 0.228 e. The maximum absolute atomic E-state index is 13.3. The largest absolute Gasteiger partial charge is 0.352 e. The molecule has 0 aromatic heterocycles. The number of allylic oxidation sites excluding steroid dienone is 2. The zero-order chi connectivity index (χ0) is 21.6. The van der Waals surface area contributed by atoms with Gasteiger partial charge in [-0.25, -0.2) is 0 Å². The van der Waals surface area contributed by atoms with Crippen LogP contribution in [0.5, 0.6) is 0 Å². The van der Waals surface area contributed by atoms with Crippen molar-refractivity contribution in [2.45, 2.75) is 25.9 Å². The third kappa shape index (κ3) is 3.62. The number of halogens is 1. The Morgan fingerprint density at radius 3 is 2.06 bits per heavy atom. The Balaban J connectivity index is 1.32. The predicted molar refractivity (Wildman–Crippen MR) is 124 cm³/mol. The molecule has 0 radical (unpaired) electrons. The van der Waals surface area contributed by atoms with Gasteiger partial charge in [-0.3, -0.25) is 9.59 Å². The number of rotatable bonds is 6. The summed E-state index contributed by atoms with van der Waals surface area (Å²) < 4.78 is 0.960. The summed E-state index contributed by atoms with van der Waals surface area (Å²) in [6, 6.07) is 15.5. The molecule has 3 aliphatic rings. The van der Waals surface area contributed by atoms with E-state index in [0.29, 0.717) is 13.1 Å². The predicted octanol–water partition coefficient (Wildman–Crippen LogP) is 3.99. The first-order chi connectivity index (χ1) is 15.0. The first-order valence-electron chi connectivity index (χ1n) is 10.8. The van der Waals surface area contributed by atoms with Crippen molar-refractivity contribution in [3.63, 3.8) is 0 Å². The lowest BCUT2D eigenvalue weighted by molar-refractivity contribution is -0.133. The average molecular weight is 480 g/mol. The quantitative estimate of drug-likeness (QED) is 0.547. The standard InChI is InChI=1S/C25H26BrN3O2/c26-17-5-7-18(8-6-17)29-24(31)22-20-10-9-19(25(20)11-12-25)21(22)23(30)28-14-16-3-1-15(13-27)2-4-16/h1-10,19-22H,11-14,27H2,(H,28,30)(H,29,31)/t19-,20+,21-,22-/m1/s1. The van der Waals surface area contributed by atoms with E-state index < -0.39 is 0 Å². The number of nitrogens with two attached hydrogens (primary N) is 1. The number of hydrogen-bond donors (Lipinski definition) is 3. The second-order valence-corrected chi connectivity index (χ2v) is 9.87. The molecule has 4 N–H and O–H groups in total. The number of nitrogens with one attached hydrogen (secondary N) is 2. The normalized spacial score (nSPS) is 26.8. The van der Waals surface area contributed by atoms with Crippen LogP contribution in [0.3, 0.4) is 0 Å². The summed E-state index contributed by atoms with van der Waals surface area (Å²) in [6.45, 7) is 0.955. The summed E-state index contributed by atoms with van der Waals surface area (Å²) in [7, 11) is 0. The molecule has 4 atom stereocenters. The summed E-state index contributed by atoms with van der Waals surface area (Å²) in [4.78, 5) is 26.6. The van der Waals surface area contributed by atoms with Crippen LogP contribution in [0.2, 0.25) is 0 Å². The molecule has 1 spiro atoms. The molecule has 2 saturated carbocycles. The molecule has 2 bridgehead atoms. The second-order valence-electron chi connectivity index (χ2n) is 8.96. The second kappa shape index (κ2) is 7.92. The van der Waals surface area contributed by atoms with Crippen LogP contribution in [-0.4, -0.2) is 11.8 Å². The molecule has 0 aliphatic heterocycles.